The Kier molecular flexibility index (Phi) is 4.81. The average molecular weight is 425 g/mol. The van der Waals surface area contributed by atoms with E-state index in [1.165, 1.54) is 33.8 Å². The maximum atomic E-state index is 13.6. The Labute approximate surface area is 171 Å². The molecule has 0 aliphatic heterocycles. The second kappa shape index (κ2) is 7.31. The van der Waals surface area contributed by atoms with Crippen molar-refractivity contribution in [2.24, 2.45) is 0 Å². The fraction of sp³-hybridized carbons (Fsp3) is 0.0476. The number of aromatic nitrogens is 1. The summed E-state index contributed by atoms with van der Waals surface area (Å²) in [6.07, 6.45) is 0. The van der Waals surface area contributed by atoms with Gasteiger partial charge < -0.3 is 5.11 Å². The molecular formula is C21H16N2O4S2. The minimum absolute atomic E-state index is 0.0444. The first-order chi connectivity index (χ1) is 13.9. The summed E-state index contributed by atoms with van der Waals surface area (Å²) in [5.74, 6) is -1.17. The van der Waals surface area contributed by atoms with Gasteiger partial charge in [0.2, 0.25) is 0 Å². The summed E-state index contributed by atoms with van der Waals surface area (Å²) in [6, 6.07) is 18.1. The van der Waals surface area contributed by atoms with Gasteiger partial charge in [-0.3, -0.25) is 0 Å². The van der Waals surface area contributed by atoms with Crippen LogP contribution in [0.3, 0.4) is 0 Å². The Morgan fingerprint density at radius 2 is 1.76 bits per heavy atom. The minimum Gasteiger partial charge on any atom is -0.478 e. The second-order valence-electron chi connectivity index (χ2n) is 6.39. The van der Waals surface area contributed by atoms with Gasteiger partial charge in [-0.15, -0.1) is 11.3 Å². The number of benzene rings is 3. The van der Waals surface area contributed by atoms with Crippen LogP contribution in [0.15, 0.2) is 77.1 Å². The van der Waals surface area contributed by atoms with Gasteiger partial charge in [-0.25, -0.2) is 22.5 Å². The summed E-state index contributed by atoms with van der Waals surface area (Å²) in [7, 11) is -4.08. The third-order valence-electron chi connectivity index (χ3n) is 4.52. The number of hydrogen-bond acceptors (Lipinski definition) is 5. The second-order valence-corrected chi connectivity index (χ2v) is 9.06. The van der Waals surface area contributed by atoms with Gasteiger partial charge in [0, 0.05) is 0 Å². The highest BCUT2D eigenvalue weighted by molar-refractivity contribution is 7.93. The fourth-order valence-corrected chi connectivity index (χ4v) is 5.28. The van der Waals surface area contributed by atoms with E-state index in [-0.39, 0.29) is 10.5 Å². The van der Waals surface area contributed by atoms with Crippen LogP contribution in [0.4, 0.5) is 11.4 Å². The molecule has 0 saturated carbocycles. The number of anilines is 2. The summed E-state index contributed by atoms with van der Waals surface area (Å²) >= 11 is 1.42. The van der Waals surface area contributed by atoms with Crippen molar-refractivity contribution in [3.05, 3.63) is 83.4 Å². The van der Waals surface area contributed by atoms with E-state index in [0.29, 0.717) is 16.9 Å². The van der Waals surface area contributed by atoms with Crippen molar-refractivity contribution in [2.45, 2.75) is 11.8 Å². The molecule has 4 aromatic rings. The van der Waals surface area contributed by atoms with Crippen molar-refractivity contribution in [3.63, 3.8) is 0 Å². The fourth-order valence-electron chi connectivity index (χ4n) is 3.06. The van der Waals surface area contributed by atoms with Crippen molar-refractivity contribution < 1.29 is 18.3 Å². The Hall–Kier alpha value is -3.23. The SMILES string of the molecule is Cc1ccc(S(=O)(=O)N(c2ccccc2)c2ccc3ncsc3c2)cc1C(=O)O. The molecule has 1 aromatic heterocycles. The Bertz CT molecular complexity index is 1320. The van der Waals surface area contributed by atoms with Crippen molar-refractivity contribution in [1.29, 1.82) is 0 Å². The van der Waals surface area contributed by atoms with Crippen molar-refractivity contribution >= 4 is 48.9 Å². The van der Waals surface area contributed by atoms with E-state index in [9.17, 15) is 18.3 Å². The number of carbonyl (C=O) groups is 1. The standard InChI is InChI=1S/C21H16N2O4S2/c1-14-7-9-17(12-18(14)21(24)25)29(26,27)23(15-5-3-2-4-6-15)16-8-10-19-20(11-16)28-13-22-19/h2-13H,1H3,(H,24,25). The van der Waals surface area contributed by atoms with Gasteiger partial charge >= 0.3 is 5.97 Å². The molecule has 0 fully saturated rings. The number of aromatic carboxylic acids is 1. The van der Waals surface area contributed by atoms with Crippen molar-refractivity contribution in [1.82, 2.24) is 4.98 Å². The van der Waals surface area contributed by atoms with E-state index < -0.39 is 16.0 Å². The van der Waals surface area contributed by atoms with Crippen LogP contribution in [0.1, 0.15) is 15.9 Å². The van der Waals surface area contributed by atoms with Gasteiger partial charge in [0.05, 0.1) is 37.6 Å². The molecule has 146 valence electrons. The van der Waals surface area contributed by atoms with Gasteiger partial charge in [-0.2, -0.15) is 0 Å². The molecule has 0 radical (unpaired) electrons. The molecule has 1 N–H and O–H groups in total. The first-order valence-electron chi connectivity index (χ1n) is 8.65. The maximum absolute atomic E-state index is 13.6. The number of hydrogen-bond donors (Lipinski definition) is 1. The van der Waals surface area contributed by atoms with E-state index in [2.05, 4.69) is 4.98 Å². The van der Waals surface area contributed by atoms with Gasteiger partial charge in [-0.05, 0) is 55.0 Å². The zero-order valence-corrected chi connectivity index (χ0v) is 16.9. The number of nitrogens with zero attached hydrogens (tertiary/aromatic N) is 2. The molecule has 0 saturated heterocycles. The molecule has 6 nitrogen and oxygen atoms in total. The third-order valence-corrected chi connectivity index (χ3v) is 7.06. The number of rotatable bonds is 5. The monoisotopic (exact) mass is 424 g/mol. The lowest BCUT2D eigenvalue weighted by molar-refractivity contribution is 0.0696. The molecule has 3 aromatic carbocycles. The largest absolute Gasteiger partial charge is 0.478 e. The molecule has 0 atom stereocenters. The first kappa shape index (κ1) is 19.1. The molecule has 8 heteroatoms. The summed E-state index contributed by atoms with van der Waals surface area (Å²) in [6.45, 7) is 1.63. The molecule has 0 bridgehead atoms. The van der Waals surface area contributed by atoms with Crippen LogP contribution in [0, 0.1) is 6.92 Å². The zero-order chi connectivity index (χ0) is 20.6. The van der Waals surface area contributed by atoms with E-state index >= 15 is 0 Å². The van der Waals surface area contributed by atoms with Crippen LogP contribution in [0.5, 0.6) is 0 Å². The van der Waals surface area contributed by atoms with Crippen LogP contribution in [0.25, 0.3) is 10.2 Å². The molecular weight excluding hydrogens is 408 g/mol. The quantitative estimate of drug-likeness (QED) is 0.496. The average Bonchev–Trinajstić information content (AvgIpc) is 3.16. The number of carboxylic acids is 1. The van der Waals surface area contributed by atoms with Crippen LogP contribution in [-0.4, -0.2) is 24.5 Å². The number of aryl methyl sites for hydroxylation is 1. The number of sulfonamides is 1. The lowest BCUT2D eigenvalue weighted by Gasteiger charge is -2.25. The van der Waals surface area contributed by atoms with Crippen molar-refractivity contribution in [2.75, 3.05) is 4.31 Å². The summed E-state index contributed by atoms with van der Waals surface area (Å²) in [4.78, 5) is 15.7. The summed E-state index contributed by atoms with van der Waals surface area (Å²) in [5, 5.41) is 9.41. The Morgan fingerprint density at radius 3 is 2.48 bits per heavy atom. The Morgan fingerprint density at radius 1 is 1.00 bits per heavy atom. The van der Waals surface area contributed by atoms with E-state index in [1.54, 1.807) is 61.0 Å². The number of para-hydroxylation sites is 1. The molecule has 0 aliphatic rings. The zero-order valence-electron chi connectivity index (χ0n) is 15.3. The van der Waals surface area contributed by atoms with Crippen LogP contribution in [0.2, 0.25) is 0 Å². The van der Waals surface area contributed by atoms with Crippen LogP contribution >= 0.6 is 11.3 Å². The normalized spacial score (nSPS) is 11.5. The van der Waals surface area contributed by atoms with Gasteiger partial charge in [-0.1, -0.05) is 24.3 Å². The molecule has 1 heterocycles. The molecule has 0 amide bonds. The molecule has 29 heavy (non-hydrogen) atoms. The minimum atomic E-state index is -4.08. The van der Waals surface area contributed by atoms with Crippen molar-refractivity contribution in [3.8, 4) is 0 Å². The molecule has 0 spiro atoms. The molecule has 0 aliphatic carbocycles. The first-order valence-corrected chi connectivity index (χ1v) is 11.0. The maximum Gasteiger partial charge on any atom is 0.335 e. The molecule has 4 rings (SSSR count). The highest BCUT2D eigenvalue weighted by atomic mass is 32.2. The van der Waals surface area contributed by atoms with Gasteiger partial charge in [0.1, 0.15) is 0 Å². The third kappa shape index (κ3) is 3.48. The lowest BCUT2D eigenvalue weighted by atomic mass is 10.1. The smallest absolute Gasteiger partial charge is 0.335 e. The lowest BCUT2D eigenvalue weighted by Crippen LogP contribution is -2.26. The molecule has 0 unspecified atom stereocenters. The highest BCUT2D eigenvalue weighted by Crippen LogP contribution is 2.35. The number of carboxylic acid groups (broad SMARTS) is 1. The highest BCUT2D eigenvalue weighted by Gasteiger charge is 2.28. The van der Waals surface area contributed by atoms with Gasteiger partial charge in [0.15, 0.2) is 0 Å². The topological polar surface area (TPSA) is 87.6 Å². The predicted octanol–water partition coefficient (Wildman–Crippen LogP) is 4.83. The predicted molar refractivity (Wildman–Crippen MR) is 114 cm³/mol. The number of fused-ring (bicyclic) bond motifs is 1. The van der Waals surface area contributed by atoms with Crippen LogP contribution < -0.4 is 4.31 Å². The van der Waals surface area contributed by atoms with E-state index in [0.717, 1.165) is 10.2 Å². The van der Waals surface area contributed by atoms with E-state index in [1.807, 2.05) is 0 Å². The van der Waals surface area contributed by atoms with Crippen LogP contribution in [-0.2, 0) is 10.0 Å². The summed E-state index contributed by atoms with van der Waals surface area (Å²) in [5.41, 5.74) is 3.84. The summed E-state index contributed by atoms with van der Waals surface area (Å²) < 4.78 is 29.3. The van der Waals surface area contributed by atoms with Gasteiger partial charge in [0.25, 0.3) is 10.0 Å². The number of thiazole rings is 1. The van der Waals surface area contributed by atoms with E-state index in [4.69, 9.17) is 0 Å². The Balaban J connectivity index is 1.93.